The van der Waals surface area contributed by atoms with Crippen LogP contribution in [0.25, 0.3) is 0 Å². The molecule has 2 aromatic rings. The van der Waals surface area contributed by atoms with Crippen LogP contribution < -0.4 is 0 Å². The number of carbonyl (C=O) groups excluding carboxylic acids is 1. The topological polar surface area (TPSA) is 72.1 Å². The van der Waals surface area contributed by atoms with Crippen molar-refractivity contribution in [2.75, 3.05) is 13.1 Å². The van der Waals surface area contributed by atoms with E-state index in [0.29, 0.717) is 18.9 Å². The second-order valence-electron chi connectivity index (χ2n) is 6.36. The maximum absolute atomic E-state index is 12.5. The number of rotatable bonds is 4. The van der Waals surface area contributed by atoms with Crippen LogP contribution in [0.15, 0.2) is 9.90 Å². The van der Waals surface area contributed by atoms with Crippen LogP contribution in [0.2, 0.25) is 0 Å². The molecule has 0 aromatic carbocycles. The molecule has 124 valence electrons. The Morgan fingerprint density at radius 2 is 2.30 bits per heavy atom. The fourth-order valence-electron chi connectivity index (χ4n) is 2.82. The van der Waals surface area contributed by atoms with Crippen molar-refractivity contribution in [3.05, 3.63) is 27.8 Å². The van der Waals surface area contributed by atoms with Gasteiger partial charge in [0.25, 0.3) is 0 Å². The van der Waals surface area contributed by atoms with Crippen molar-refractivity contribution in [3.63, 3.8) is 0 Å². The van der Waals surface area contributed by atoms with Crippen LogP contribution in [-0.4, -0.2) is 39.0 Å². The average Bonchev–Trinajstić information content (AvgIpc) is 3.17. The molecule has 1 saturated heterocycles. The van der Waals surface area contributed by atoms with Crippen LogP contribution >= 0.6 is 11.3 Å². The summed E-state index contributed by atoms with van der Waals surface area (Å²) < 4.78 is 5.30. The lowest BCUT2D eigenvalue weighted by Crippen LogP contribution is -2.40. The lowest BCUT2D eigenvalue weighted by atomic mass is 9.97. The summed E-state index contributed by atoms with van der Waals surface area (Å²) in [5.74, 6) is 1.93. The van der Waals surface area contributed by atoms with Crippen molar-refractivity contribution < 1.29 is 9.32 Å². The van der Waals surface area contributed by atoms with Crippen molar-refractivity contribution in [1.29, 1.82) is 0 Å². The van der Waals surface area contributed by atoms with Gasteiger partial charge in [-0.2, -0.15) is 4.98 Å². The van der Waals surface area contributed by atoms with Gasteiger partial charge in [-0.05, 0) is 19.8 Å². The summed E-state index contributed by atoms with van der Waals surface area (Å²) in [5, 5.41) is 7.07. The maximum atomic E-state index is 12.5. The highest BCUT2D eigenvalue weighted by molar-refractivity contribution is 7.09. The van der Waals surface area contributed by atoms with Gasteiger partial charge in [0.2, 0.25) is 11.8 Å². The first kappa shape index (κ1) is 16.1. The number of hydrogen-bond acceptors (Lipinski definition) is 6. The first-order valence-electron chi connectivity index (χ1n) is 8.05. The lowest BCUT2D eigenvalue weighted by Gasteiger charge is -2.31. The Bertz CT molecular complexity index is 679. The fraction of sp³-hybridized carbons (Fsp3) is 0.625. The summed E-state index contributed by atoms with van der Waals surface area (Å²) >= 11 is 1.58. The zero-order valence-electron chi connectivity index (χ0n) is 13.8. The quantitative estimate of drug-likeness (QED) is 0.859. The number of likely N-dealkylation sites (tertiary alicyclic amines) is 1. The third kappa shape index (κ3) is 3.77. The zero-order valence-corrected chi connectivity index (χ0v) is 14.6. The Hall–Kier alpha value is -1.76. The highest BCUT2D eigenvalue weighted by Crippen LogP contribution is 2.26. The second-order valence-corrected chi connectivity index (χ2v) is 7.42. The van der Waals surface area contributed by atoms with Gasteiger partial charge in [0.05, 0.1) is 17.1 Å². The molecule has 0 aliphatic carbocycles. The molecule has 1 aliphatic heterocycles. The molecule has 0 radical (unpaired) electrons. The largest absolute Gasteiger partial charge is 0.342 e. The molecule has 2 aromatic heterocycles. The number of aryl methyl sites for hydroxylation is 1. The van der Waals surface area contributed by atoms with Crippen LogP contribution in [-0.2, 0) is 11.2 Å². The van der Waals surface area contributed by atoms with Crippen LogP contribution in [0.3, 0.4) is 0 Å². The molecule has 3 rings (SSSR count). The molecule has 1 fully saturated rings. The Labute approximate surface area is 139 Å². The van der Waals surface area contributed by atoms with Crippen LogP contribution in [0.5, 0.6) is 0 Å². The molecule has 0 N–H and O–H groups in total. The minimum atomic E-state index is 0.132. The molecule has 0 spiro atoms. The van der Waals surface area contributed by atoms with Gasteiger partial charge in [0.1, 0.15) is 0 Å². The van der Waals surface area contributed by atoms with Crippen molar-refractivity contribution in [2.24, 2.45) is 0 Å². The third-order valence-electron chi connectivity index (χ3n) is 4.09. The van der Waals surface area contributed by atoms with E-state index < -0.39 is 0 Å². The van der Waals surface area contributed by atoms with E-state index in [0.717, 1.165) is 35.9 Å². The van der Waals surface area contributed by atoms with Crippen molar-refractivity contribution in [3.8, 4) is 0 Å². The number of hydrogen-bond donors (Lipinski definition) is 0. The monoisotopic (exact) mass is 334 g/mol. The fourth-order valence-corrected chi connectivity index (χ4v) is 3.43. The molecule has 0 unspecified atom stereocenters. The summed E-state index contributed by atoms with van der Waals surface area (Å²) in [6, 6.07) is 0. The first-order valence-corrected chi connectivity index (χ1v) is 8.93. The SMILES string of the molecule is Cc1nc(CC(=O)N2CCC[C@@H](c3noc(C(C)C)n3)C2)cs1. The molecule has 6 nitrogen and oxygen atoms in total. The Kier molecular flexibility index (Phi) is 4.75. The number of nitrogens with zero attached hydrogens (tertiary/aromatic N) is 4. The maximum Gasteiger partial charge on any atom is 0.229 e. The van der Waals surface area contributed by atoms with Crippen LogP contribution in [0, 0.1) is 6.92 Å². The molecule has 0 saturated carbocycles. The molecular weight excluding hydrogens is 312 g/mol. The normalized spacial score (nSPS) is 18.6. The predicted molar refractivity (Wildman–Crippen MR) is 87.5 cm³/mol. The second kappa shape index (κ2) is 6.78. The minimum Gasteiger partial charge on any atom is -0.342 e. The van der Waals surface area contributed by atoms with E-state index in [4.69, 9.17) is 4.52 Å². The van der Waals surface area contributed by atoms with E-state index in [1.54, 1.807) is 11.3 Å². The van der Waals surface area contributed by atoms with Gasteiger partial charge < -0.3 is 9.42 Å². The summed E-state index contributed by atoms with van der Waals surface area (Å²) in [6.07, 6.45) is 2.34. The summed E-state index contributed by atoms with van der Waals surface area (Å²) in [5.41, 5.74) is 0.862. The number of piperidine rings is 1. The van der Waals surface area contributed by atoms with Crippen molar-refractivity contribution in [1.82, 2.24) is 20.0 Å². The highest BCUT2D eigenvalue weighted by Gasteiger charge is 2.28. The predicted octanol–water partition coefficient (Wildman–Crippen LogP) is 2.91. The van der Waals surface area contributed by atoms with Gasteiger partial charge in [-0.1, -0.05) is 19.0 Å². The molecule has 7 heteroatoms. The third-order valence-corrected chi connectivity index (χ3v) is 4.91. The standard InChI is InChI=1S/C16H22N4O2S/c1-10(2)16-18-15(19-22-16)12-5-4-6-20(8-12)14(21)7-13-9-23-11(3)17-13/h9-10,12H,4-8H2,1-3H3/t12-/m1/s1. The van der Waals surface area contributed by atoms with Gasteiger partial charge >= 0.3 is 0 Å². The van der Waals surface area contributed by atoms with Crippen molar-refractivity contribution >= 4 is 17.2 Å². The zero-order chi connectivity index (χ0) is 16.4. The van der Waals surface area contributed by atoms with E-state index in [-0.39, 0.29) is 17.7 Å². The number of thiazole rings is 1. The molecule has 23 heavy (non-hydrogen) atoms. The smallest absolute Gasteiger partial charge is 0.229 e. The molecule has 1 amide bonds. The summed E-state index contributed by atoms with van der Waals surface area (Å²) in [6.45, 7) is 7.48. The van der Waals surface area contributed by atoms with Gasteiger partial charge in [-0.15, -0.1) is 11.3 Å². The summed E-state index contributed by atoms with van der Waals surface area (Å²) in [4.78, 5) is 23.3. The van der Waals surface area contributed by atoms with Gasteiger partial charge in [0, 0.05) is 30.3 Å². The Morgan fingerprint density at radius 1 is 1.48 bits per heavy atom. The lowest BCUT2D eigenvalue weighted by molar-refractivity contribution is -0.131. The van der Waals surface area contributed by atoms with Gasteiger partial charge in [-0.3, -0.25) is 4.79 Å². The minimum absolute atomic E-state index is 0.132. The average molecular weight is 334 g/mol. The highest BCUT2D eigenvalue weighted by atomic mass is 32.1. The van der Waals surface area contributed by atoms with E-state index in [2.05, 4.69) is 15.1 Å². The number of amides is 1. The Balaban J connectivity index is 1.64. The van der Waals surface area contributed by atoms with E-state index in [9.17, 15) is 4.79 Å². The van der Waals surface area contributed by atoms with Crippen LogP contribution in [0.4, 0.5) is 0 Å². The van der Waals surface area contributed by atoms with E-state index >= 15 is 0 Å². The molecule has 0 bridgehead atoms. The number of aromatic nitrogens is 3. The van der Waals surface area contributed by atoms with E-state index in [1.165, 1.54) is 0 Å². The van der Waals surface area contributed by atoms with Gasteiger partial charge in [0.15, 0.2) is 5.82 Å². The van der Waals surface area contributed by atoms with Gasteiger partial charge in [-0.25, -0.2) is 4.98 Å². The van der Waals surface area contributed by atoms with Crippen LogP contribution in [0.1, 0.15) is 60.9 Å². The molecule has 3 heterocycles. The molecular formula is C16H22N4O2S. The number of carbonyl (C=O) groups is 1. The first-order chi connectivity index (χ1) is 11.0. The summed E-state index contributed by atoms with van der Waals surface area (Å²) in [7, 11) is 0. The molecule has 1 aliphatic rings. The Morgan fingerprint density at radius 3 is 2.96 bits per heavy atom. The van der Waals surface area contributed by atoms with E-state index in [1.807, 2.05) is 31.1 Å². The van der Waals surface area contributed by atoms with Crippen molar-refractivity contribution in [2.45, 2.75) is 51.9 Å². The molecule has 1 atom stereocenters.